The van der Waals surface area contributed by atoms with Crippen LogP contribution < -0.4 is 10.2 Å². The molecule has 0 radical (unpaired) electrons. The van der Waals surface area contributed by atoms with E-state index in [-0.39, 0.29) is 5.91 Å². The molecule has 1 N–H and O–H groups in total. The van der Waals surface area contributed by atoms with E-state index >= 15 is 0 Å². The molecule has 0 unspecified atom stereocenters. The summed E-state index contributed by atoms with van der Waals surface area (Å²) in [5.74, 6) is 0.846. The van der Waals surface area contributed by atoms with Crippen LogP contribution in [0, 0.1) is 0 Å². The number of anilines is 2. The molecule has 7 heteroatoms. The molecule has 2 aliphatic heterocycles. The van der Waals surface area contributed by atoms with E-state index in [1.807, 2.05) is 29.3 Å². The highest BCUT2D eigenvalue weighted by Crippen LogP contribution is 2.31. The van der Waals surface area contributed by atoms with E-state index < -0.39 is 0 Å². The van der Waals surface area contributed by atoms with E-state index in [0.717, 1.165) is 77.7 Å². The first kappa shape index (κ1) is 28.6. The molecular formula is C34H42N6O. The summed E-state index contributed by atoms with van der Waals surface area (Å²) in [6.07, 6.45) is 8.62. The van der Waals surface area contributed by atoms with Gasteiger partial charge in [0.1, 0.15) is 11.5 Å². The van der Waals surface area contributed by atoms with Gasteiger partial charge in [0.15, 0.2) is 0 Å². The number of hydrogen-bond acceptors (Lipinski definition) is 5. The number of carbonyl (C=O) groups excluding carboxylic acids is 1. The molecule has 41 heavy (non-hydrogen) atoms. The van der Waals surface area contributed by atoms with E-state index in [2.05, 4.69) is 91.6 Å². The second-order valence-electron chi connectivity index (χ2n) is 11.3. The van der Waals surface area contributed by atoms with Crippen molar-refractivity contribution in [3.63, 3.8) is 0 Å². The standard InChI is InChI=1S/C34H42N6O/c1-7-25-18-32-34(41)40(17-16-39(32)22-25)31-11-9-10-28(27(31)8-2)30-19-29(24(5)14-15-35-30)37-33-13-12-26(20-36-33)21-38(6)23(3)4/h9-13,18-20,22-23H,5,7-8,14-17,21H2,1-4,6H3,(H,36,37). The first-order chi connectivity index (χ1) is 19.8. The van der Waals surface area contributed by atoms with Crippen LogP contribution >= 0.6 is 0 Å². The summed E-state index contributed by atoms with van der Waals surface area (Å²) in [4.78, 5) is 27.5. The van der Waals surface area contributed by atoms with Gasteiger partial charge in [0.25, 0.3) is 5.91 Å². The number of fused-ring (bicyclic) bond motifs is 1. The number of aryl methyl sites for hydroxylation is 1. The van der Waals surface area contributed by atoms with E-state index in [9.17, 15) is 4.79 Å². The predicted octanol–water partition coefficient (Wildman–Crippen LogP) is 6.25. The van der Waals surface area contributed by atoms with Gasteiger partial charge < -0.3 is 14.8 Å². The van der Waals surface area contributed by atoms with Crippen molar-refractivity contribution in [2.75, 3.05) is 30.4 Å². The summed E-state index contributed by atoms with van der Waals surface area (Å²) in [5, 5.41) is 3.50. The van der Waals surface area contributed by atoms with Crippen LogP contribution in [-0.2, 0) is 25.9 Å². The number of benzene rings is 1. The molecule has 0 saturated heterocycles. The molecule has 0 aliphatic carbocycles. The smallest absolute Gasteiger partial charge is 0.274 e. The highest BCUT2D eigenvalue weighted by atomic mass is 16.2. The minimum atomic E-state index is 0.0611. The number of aliphatic imine (C=N–C) groups is 1. The van der Waals surface area contributed by atoms with E-state index in [4.69, 9.17) is 4.99 Å². The van der Waals surface area contributed by atoms with Gasteiger partial charge in [0.2, 0.25) is 0 Å². The van der Waals surface area contributed by atoms with Gasteiger partial charge >= 0.3 is 0 Å². The fraction of sp³-hybridized carbons (Fsp3) is 0.382. The molecule has 0 spiro atoms. The van der Waals surface area contributed by atoms with Gasteiger partial charge in [-0.05, 0) is 86.7 Å². The first-order valence-electron chi connectivity index (χ1n) is 14.8. The number of aromatic nitrogens is 2. The number of pyridine rings is 1. The van der Waals surface area contributed by atoms with Crippen LogP contribution in [0.25, 0.3) is 0 Å². The average molecular weight is 551 g/mol. The van der Waals surface area contributed by atoms with E-state index in [0.29, 0.717) is 19.1 Å². The number of amides is 1. The van der Waals surface area contributed by atoms with Crippen LogP contribution in [0.15, 0.2) is 77.7 Å². The third-order valence-corrected chi connectivity index (χ3v) is 8.22. The summed E-state index contributed by atoms with van der Waals surface area (Å²) in [6.45, 7) is 16.0. The van der Waals surface area contributed by atoms with Crippen molar-refractivity contribution in [1.29, 1.82) is 0 Å². The Kier molecular flexibility index (Phi) is 8.54. The Balaban J connectivity index is 1.42. The molecule has 0 fully saturated rings. The predicted molar refractivity (Wildman–Crippen MR) is 169 cm³/mol. The van der Waals surface area contributed by atoms with Gasteiger partial charge in [0, 0.05) is 61.6 Å². The largest absolute Gasteiger partial charge is 0.341 e. The Morgan fingerprint density at radius 3 is 2.63 bits per heavy atom. The Bertz CT molecular complexity index is 1490. The lowest BCUT2D eigenvalue weighted by molar-refractivity contribution is 0.0965. The number of carbonyl (C=O) groups is 1. The van der Waals surface area contributed by atoms with Crippen molar-refractivity contribution < 1.29 is 4.79 Å². The normalized spacial score (nSPS) is 15.6. The molecule has 4 heterocycles. The molecule has 2 aliphatic rings. The first-order valence-corrected chi connectivity index (χ1v) is 14.8. The number of hydrogen-bond donors (Lipinski definition) is 1. The molecule has 1 aromatic carbocycles. The lowest BCUT2D eigenvalue weighted by Gasteiger charge is -2.30. The van der Waals surface area contributed by atoms with Crippen LogP contribution in [0.3, 0.4) is 0 Å². The molecule has 0 atom stereocenters. The van der Waals surface area contributed by atoms with Gasteiger partial charge in [-0.3, -0.25) is 14.7 Å². The number of rotatable bonds is 9. The fourth-order valence-corrected chi connectivity index (χ4v) is 5.46. The average Bonchev–Trinajstić information content (AvgIpc) is 3.32. The minimum Gasteiger partial charge on any atom is -0.341 e. The lowest BCUT2D eigenvalue weighted by Crippen LogP contribution is -2.40. The Labute approximate surface area is 244 Å². The van der Waals surface area contributed by atoms with Gasteiger partial charge in [-0.15, -0.1) is 0 Å². The molecular weight excluding hydrogens is 508 g/mol. The molecule has 0 bridgehead atoms. The molecule has 3 aromatic rings. The summed E-state index contributed by atoms with van der Waals surface area (Å²) in [7, 11) is 2.12. The quantitative estimate of drug-likeness (QED) is 0.342. The zero-order chi connectivity index (χ0) is 29.1. The zero-order valence-corrected chi connectivity index (χ0v) is 25.1. The molecule has 214 valence electrons. The highest BCUT2D eigenvalue weighted by Gasteiger charge is 2.28. The third-order valence-electron chi connectivity index (χ3n) is 8.22. The summed E-state index contributed by atoms with van der Waals surface area (Å²) in [6, 6.07) is 12.9. The topological polar surface area (TPSA) is 65.8 Å². The maximum absolute atomic E-state index is 13.6. The Morgan fingerprint density at radius 1 is 1.10 bits per heavy atom. The summed E-state index contributed by atoms with van der Waals surface area (Å²) in [5.41, 5.74) is 9.14. The van der Waals surface area contributed by atoms with Crippen LogP contribution in [0.5, 0.6) is 0 Å². The third kappa shape index (κ3) is 6.05. The van der Waals surface area contributed by atoms with Gasteiger partial charge in [-0.2, -0.15) is 0 Å². The van der Waals surface area contributed by atoms with Crippen LogP contribution in [0.2, 0.25) is 0 Å². The summed E-state index contributed by atoms with van der Waals surface area (Å²) < 4.78 is 2.10. The molecule has 5 rings (SSSR count). The molecule has 1 amide bonds. The van der Waals surface area contributed by atoms with Gasteiger partial charge in [-0.25, -0.2) is 4.98 Å². The summed E-state index contributed by atoms with van der Waals surface area (Å²) >= 11 is 0. The van der Waals surface area contributed by atoms with Gasteiger partial charge in [0.05, 0.1) is 5.71 Å². The minimum absolute atomic E-state index is 0.0611. The molecule has 2 aromatic heterocycles. The number of allylic oxidation sites excluding steroid dienone is 2. The van der Waals surface area contributed by atoms with Crippen molar-refractivity contribution in [2.24, 2.45) is 4.99 Å². The maximum atomic E-state index is 13.6. The fourth-order valence-electron chi connectivity index (χ4n) is 5.46. The second-order valence-corrected chi connectivity index (χ2v) is 11.3. The second kappa shape index (κ2) is 12.3. The van der Waals surface area contributed by atoms with Crippen molar-refractivity contribution in [2.45, 2.75) is 66.1 Å². The Morgan fingerprint density at radius 2 is 1.93 bits per heavy atom. The van der Waals surface area contributed by atoms with Crippen molar-refractivity contribution >= 4 is 23.1 Å². The number of nitrogens with one attached hydrogen (secondary N) is 1. The van der Waals surface area contributed by atoms with Crippen molar-refractivity contribution in [1.82, 2.24) is 14.5 Å². The zero-order valence-electron chi connectivity index (χ0n) is 25.1. The maximum Gasteiger partial charge on any atom is 0.274 e. The van der Waals surface area contributed by atoms with E-state index in [1.54, 1.807) is 0 Å². The van der Waals surface area contributed by atoms with Crippen molar-refractivity contribution in [3.05, 3.63) is 101 Å². The lowest BCUT2D eigenvalue weighted by atomic mass is 9.96. The Hall–Kier alpha value is -3.97. The molecule has 0 saturated carbocycles. The molecule has 7 nitrogen and oxygen atoms in total. The monoisotopic (exact) mass is 550 g/mol. The van der Waals surface area contributed by atoms with Gasteiger partial charge in [-0.1, -0.05) is 38.6 Å². The van der Waals surface area contributed by atoms with Crippen LogP contribution in [0.4, 0.5) is 11.5 Å². The highest BCUT2D eigenvalue weighted by molar-refractivity contribution is 6.13. The number of nitrogens with zero attached hydrogens (tertiary/aromatic N) is 5. The van der Waals surface area contributed by atoms with E-state index in [1.165, 1.54) is 11.1 Å². The van der Waals surface area contributed by atoms with Crippen molar-refractivity contribution in [3.8, 4) is 0 Å². The SMILES string of the molecule is C=C1CCN=C(c2cccc(N3CCn4cc(CC)cc4C3=O)c2CC)C=C1Nc1ccc(CN(C)C(C)C)cn1. The van der Waals surface area contributed by atoms with Crippen LogP contribution in [-0.4, -0.2) is 52.2 Å². The van der Waals surface area contributed by atoms with Crippen LogP contribution in [0.1, 0.15) is 66.9 Å².